The molecule has 0 amide bonds. The van der Waals surface area contributed by atoms with Crippen LogP contribution in [0.2, 0.25) is 0 Å². The Morgan fingerprint density at radius 3 is 1.81 bits per heavy atom. The lowest BCUT2D eigenvalue weighted by Gasteiger charge is -1.97. The van der Waals surface area contributed by atoms with E-state index < -0.39 is 0 Å². The summed E-state index contributed by atoms with van der Waals surface area (Å²) < 4.78 is 0. The van der Waals surface area contributed by atoms with Crippen molar-refractivity contribution in [1.82, 2.24) is 0 Å². The molecule has 0 N–H and O–H groups in total. The van der Waals surface area contributed by atoms with Gasteiger partial charge < -0.3 is 0 Å². The van der Waals surface area contributed by atoms with Gasteiger partial charge in [0.1, 0.15) is 0 Å². The van der Waals surface area contributed by atoms with Gasteiger partial charge in [-0.2, -0.15) is 0 Å². The van der Waals surface area contributed by atoms with Gasteiger partial charge in [-0.3, -0.25) is 4.99 Å². The fraction of sp³-hybridized carbons (Fsp3) is 0.350. The summed E-state index contributed by atoms with van der Waals surface area (Å²) >= 11 is 0. The second-order valence-corrected chi connectivity index (χ2v) is 4.19. The second-order valence-electron chi connectivity index (χ2n) is 4.19. The predicted octanol–water partition coefficient (Wildman–Crippen LogP) is 6.36. The minimum atomic E-state index is 0.996. The molecule has 2 aromatic carbocycles. The van der Waals surface area contributed by atoms with Crippen LogP contribution in [0.1, 0.15) is 51.3 Å². The van der Waals surface area contributed by atoms with Crippen molar-refractivity contribution in [2.75, 3.05) is 0 Å². The molecule has 1 heteroatoms. The lowest BCUT2D eigenvalue weighted by Crippen LogP contribution is -1.83. The molecule has 0 spiro atoms. The fourth-order valence-electron chi connectivity index (χ4n) is 1.62. The average Bonchev–Trinajstić information content (AvgIpc) is 2.58. The van der Waals surface area contributed by atoms with Gasteiger partial charge in [0, 0.05) is 6.21 Å². The quantitative estimate of drug-likeness (QED) is 0.581. The highest BCUT2D eigenvalue weighted by Gasteiger charge is 1.91. The first-order chi connectivity index (χ1) is 10.3. The van der Waals surface area contributed by atoms with Crippen LogP contribution in [0.5, 0.6) is 0 Å². The van der Waals surface area contributed by atoms with Gasteiger partial charge in [0.15, 0.2) is 0 Å². The summed E-state index contributed by atoms with van der Waals surface area (Å²) in [5.41, 5.74) is 4.76. The highest BCUT2D eigenvalue weighted by Crippen LogP contribution is 2.12. The number of aliphatic imine (C=N–C) groups is 1. The second kappa shape index (κ2) is 11.9. The molecule has 0 aliphatic heterocycles. The highest BCUT2D eigenvalue weighted by atomic mass is 14.7. The summed E-state index contributed by atoms with van der Waals surface area (Å²) in [7, 11) is 0. The minimum absolute atomic E-state index is 0.996. The molecule has 0 aliphatic rings. The van der Waals surface area contributed by atoms with Crippen molar-refractivity contribution in [1.29, 1.82) is 0 Å². The van der Waals surface area contributed by atoms with Gasteiger partial charge in [-0.25, -0.2) is 0 Å². The van der Waals surface area contributed by atoms with Crippen molar-refractivity contribution in [3.8, 4) is 0 Å². The largest absolute Gasteiger partial charge is 0.256 e. The molecule has 0 atom stereocenters. The van der Waals surface area contributed by atoms with Crippen molar-refractivity contribution in [2.45, 2.75) is 48.0 Å². The average molecular weight is 283 g/mol. The number of aryl methyl sites for hydroxylation is 2. The Bertz CT molecular complexity index is 492. The molecular formula is C20H29N. The van der Waals surface area contributed by atoms with Gasteiger partial charge in [0.05, 0.1) is 5.69 Å². The zero-order valence-corrected chi connectivity index (χ0v) is 14.4. The van der Waals surface area contributed by atoms with Crippen molar-refractivity contribution in [3.05, 3.63) is 65.2 Å². The van der Waals surface area contributed by atoms with Crippen LogP contribution in [0.15, 0.2) is 53.5 Å². The third-order valence-electron chi connectivity index (χ3n) is 2.78. The molecule has 0 aromatic heterocycles. The molecule has 0 saturated heterocycles. The standard InChI is InChI=1S/C16H17N.2C2H6/c1-3-14-6-8-15(9-7-14)12-17-16-10-4-13(2)5-11-16;2*1-2/h4-12H,3H2,1-2H3;2*1-2H3. The van der Waals surface area contributed by atoms with E-state index >= 15 is 0 Å². The van der Waals surface area contributed by atoms with Crippen LogP contribution < -0.4 is 0 Å². The summed E-state index contributed by atoms with van der Waals surface area (Å²) in [5.74, 6) is 0. The van der Waals surface area contributed by atoms with Gasteiger partial charge in [0.2, 0.25) is 0 Å². The maximum Gasteiger partial charge on any atom is 0.0630 e. The Balaban J connectivity index is 0.000000921. The predicted molar refractivity (Wildman–Crippen MR) is 96.9 cm³/mol. The molecule has 0 radical (unpaired) electrons. The van der Waals surface area contributed by atoms with Gasteiger partial charge in [-0.05, 0) is 36.6 Å². The van der Waals surface area contributed by atoms with E-state index in [0.717, 1.165) is 17.7 Å². The van der Waals surface area contributed by atoms with Crippen LogP contribution in [0.25, 0.3) is 0 Å². The molecule has 114 valence electrons. The Morgan fingerprint density at radius 2 is 1.33 bits per heavy atom. The van der Waals surface area contributed by atoms with E-state index in [9.17, 15) is 0 Å². The van der Waals surface area contributed by atoms with Crippen molar-refractivity contribution >= 4 is 11.9 Å². The van der Waals surface area contributed by atoms with Crippen LogP contribution in [-0.2, 0) is 6.42 Å². The number of hydrogen-bond donors (Lipinski definition) is 0. The molecular weight excluding hydrogens is 254 g/mol. The number of hydrogen-bond acceptors (Lipinski definition) is 1. The SMILES string of the molecule is CC.CC.CCc1ccc(C=Nc2ccc(C)cc2)cc1. The minimum Gasteiger partial charge on any atom is -0.256 e. The van der Waals surface area contributed by atoms with Gasteiger partial charge in [-0.1, -0.05) is 76.6 Å². The Hall–Kier alpha value is -1.89. The summed E-state index contributed by atoms with van der Waals surface area (Å²) in [6.07, 6.45) is 2.99. The number of rotatable bonds is 3. The van der Waals surface area contributed by atoms with E-state index in [1.54, 1.807) is 0 Å². The van der Waals surface area contributed by atoms with Crippen molar-refractivity contribution in [3.63, 3.8) is 0 Å². The fourth-order valence-corrected chi connectivity index (χ4v) is 1.62. The van der Waals surface area contributed by atoms with E-state index in [2.05, 4.69) is 55.2 Å². The molecule has 0 bridgehead atoms. The number of benzene rings is 2. The first-order valence-electron chi connectivity index (χ1n) is 7.97. The maximum atomic E-state index is 4.45. The lowest BCUT2D eigenvalue weighted by atomic mass is 10.1. The van der Waals surface area contributed by atoms with Crippen LogP contribution in [0.4, 0.5) is 5.69 Å². The van der Waals surface area contributed by atoms with E-state index in [-0.39, 0.29) is 0 Å². The molecule has 0 aliphatic carbocycles. The normalized spacial score (nSPS) is 9.43. The van der Waals surface area contributed by atoms with E-state index in [4.69, 9.17) is 0 Å². The van der Waals surface area contributed by atoms with E-state index in [0.29, 0.717) is 0 Å². The maximum absolute atomic E-state index is 4.45. The first kappa shape index (κ1) is 19.1. The smallest absolute Gasteiger partial charge is 0.0630 e. The molecule has 2 aromatic rings. The topological polar surface area (TPSA) is 12.4 Å². The molecule has 2 rings (SSSR count). The van der Waals surface area contributed by atoms with Crippen molar-refractivity contribution in [2.24, 2.45) is 4.99 Å². The molecule has 1 nitrogen and oxygen atoms in total. The van der Waals surface area contributed by atoms with Crippen LogP contribution in [-0.4, -0.2) is 6.21 Å². The van der Waals surface area contributed by atoms with Crippen LogP contribution in [0.3, 0.4) is 0 Å². The summed E-state index contributed by atoms with van der Waals surface area (Å²) in [5, 5.41) is 0. The molecule has 21 heavy (non-hydrogen) atoms. The van der Waals surface area contributed by atoms with Gasteiger partial charge in [0.25, 0.3) is 0 Å². The van der Waals surface area contributed by atoms with Gasteiger partial charge >= 0.3 is 0 Å². The molecule has 0 unspecified atom stereocenters. The Morgan fingerprint density at radius 1 is 0.810 bits per heavy atom. The van der Waals surface area contributed by atoms with Crippen LogP contribution in [0, 0.1) is 6.92 Å². The third kappa shape index (κ3) is 7.45. The zero-order chi connectivity index (χ0) is 16.1. The van der Waals surface area contributed by atoms with Gasteiger partial charge in [-0.15, -0.1) is 0 Å². The monoisotopic (exact) mass is 283 g/mol. The molecule has 0 fully saturated rings. The molecule has 0 saturated carbocycles. The Labute approximate surface area is 130 Å². The Kier molecular flexibility index (Phi) is 10.8. The summed E-state index contributed by atoms with van der Waals surface area (Å²) in [6.45, 7) is 12.2. The lowest BCUT2D eigenvalue weighted by molar-refractivity contribution is 1.14. The third-order valence-corrected chi connectivity index (χ3v) is 2.78. The van der Waals surface area contributed by atoms with E-state index in [1.165, 1.54) is 11.1 Å². The van der Waals surface area contributed by atoms with Crippen LogP contribution >= 0.6 is 0 Å². The number of nitrogens with zero attached hydrogens (tertiary/aromatic N) is 1. The highest BCUT2D eigenvalue weighted by molar-refractivity contribution is 5.81. The van der Waals surface area contributed by atoms with Crippen molar-refractivity contribution < 1.29 is 0 Å². The van der Waals surface area contributed by atoms with E-state index in [1.807, 2.05) is 46.0 Å². The zero-order valence-electron chi connectivity index (χ0n) is 14.4. The molecule has 0 heterocycles. The summed E-state index contributed by atoms with van der Waals surface area (Å²) in [4.78, 5) is 4.45. The summed E-state index contributed by atoms with van der Waals surface area (Å²) in [6, 6.07) is 16.7. The first-order valence-corrected chi connectivity index (χ1v) is 7.97.